The first-order valence-corrected chi connectivity index (χ1v) is 8.66. The van der Waals surface area contributed by atoms with Gasteiger partial charge in [-0.2, -0.15) is 13.2 Å². The van der Waals surface area contributed by atoms with Crippen molar-refractivity contribution in [2.24, 2.45) is 5.92 Å². The molecule has 126 valence electrons. The first-order chi connectivity index (χ1) is 9.76. The molecule has 0 bridgehead atoms. The van der Waals surface area contributed by atoms with Crippen molar-refractivity contribution in [1.29, 1.82) is 0 Å². The number of halogens is 3. The monoisotopic (exact) mass is 328 g/mol. The normalized spacial score (nSPS) is 13.5. The maximum absolute atomic E-state index is 12.0. The van der Waals surface area contributed by atoms with Crippen LogP contribution in [0.15, 0.2) is 0 Å². The van der Waals surface area contributed by atoms with E-state index in [-0.39, 0.29) is 23.6 Å². The van der Waals surface area contributed by atoms with Crippen molar-refractivity contribution < 1.29 is 22.7 Å². The van der Waals surface area contributed by atoms with E-state index in [0.717, 1.165) is 19.3 Å². The van der Waals surface area contributed by atoms with Gasteiger partial charge < -0.3 is 4.74 Å². The van der Waals surface area contributed by atoms with Gasteiger partial charge in [0.2, 0.25) is 0 Å². The summed E-state index contributed by atoms with van der Waals surface area (Å²) >= 11 is 1.43. The van der Waals surface area contributed by atoms with Crippen molar-refractivity contribution in [3.63, 3.8) is 0 Å². The Morgan fingerprint density at radius 3 is 2.38 bits per heavy atom. The van der Waals surface area contributed by atoms with Gasteiger partial charge in [-0.3, -0.25) is 4.79 Å². The molecule has 6 heteroatoms. The molecule has 1 atom stereocenters. The highest BCUT2D eigenvalue weighted by Crippen LogP contribution is 2.25. The summed E-state index contributed by atoms with van der Waals surface area (Å²) in [4.78, 5) is 12.0. The predicted octanol–water partition coefficient (Wildman–Crippen LogP) is 5.21. The van der Waals surface area contributed by atoms with Crippen molar-refractivity contribution in [2.75, 3.05) is 12.4 Å². The molecule has 21 heavy (non-hydrogen) atoms. The number of unbranched alkanes of at least 4 members (excludes halogenated alkanes) is 2. The first kappa shape index (κ1) is 20.6. The van der Waals surface area contributed by atoms with Crippen LogP contribution in [0, 0.1) is 5.92 Å². The van der Waals surface area contributed by atoms with Gasteiger partial charge in [0.1, 0.15) is 5.25 Å². The summed E-state index contributed by atoms with van der Waals surface area (Å²) in [5.74, 6) is 0.636. The van der Waals surface area contributed by atoms with Crippen LogP contribution in [0.4, 0.5) is 13.2 Å². The van der Waals surface area contributed by atoms with E-state index in [4.69, 9.17) is 4.74 Å². The highest BCUT2D eigenvalue weighted by Gasteiger charge is 2.26. The van der Waals surface area contributed by atoms with Gasteiger partial charge in [-0.15, -0.1) is 11.8 Å². The van der Waals surface area contributed by atoms with Gasteiger partial charge in [-0.05, 0) is 30.9 Å². The largest absolute Gasteiger partial charge is 0.465 e. The smallest absolute Gasteiger partial charge is 0.389 e. The Morgan fingerprint density at radius 1 is 1.19 bits per heavy atom. The molecule has 0 aliphatic carbocycles. The zero-order chi connectivity index (χ0) is 16.3. The number of thioether (sulfide) groups is 1. The Labute approximate surface area is 130 Å². The van der Waals surface area contributed by atoms with E-state index < -0.39 is 12.6 Å². The number of carbonyl (C=O) groups excluding carboxylic acids is 1. The molecule has 0 aromatic heterocycles. The Morgan fingerprint density at radius 2 is 1.86 bits per heavy atom. The zero-order valence-electron chi connectivity index (χ0n) is 13.2. The highest BCUT2D eigenvalue weighted by atomic mass is 32.2. The van der Waals surface area contributed by atoms with E-state index in [9.17, 15) is 18.0 Å². The first-order valence-electron chi connectivity index (χ1n) is 7.61. The molecule has 0 heterocycles. The SMILES string of the molecule is CCCCC(SCCCCC(F)(F)F)C(=O)OCC(C)C. The van der Waals surface area contributed by atoms with Crippen LogP contribution < -0.4 is 0 Å². The molecular formula is C15H27F3O2S. The summed E-state index contributed by atoms with van der Waals surface area (Å²) in [6, 6.07) is 0. The molecule has 1 unspecified atom stereocenters. The van der Waals surface area contributed by atoms with Gasteiger partial charge in [0.05, 0.1) is 6.61 Å². The van der Waals surface area contributed by atoms with Crippen molar-refractivity contribution in [3.05, 3.63) is 0 Å². The fourth-order valence-electron chi connectivity index (χ4n) is 1.65. The van der Waals surface area contributed by atoms with Gasteiger partial charge >= 0.3 is 12.1 Å². The van der Waals surface area contributed by atoms with E-state index in [0.29, 0.717) is 18.8 Å². The lowest BCUT2D eigenvalue weighted by atomic mass is 10.2. The highest BCUT2D eigenvalue weighted by molar-refractivity contribution is 8.00. The molecule has 0 aromatic rings. The van der Waals surface area contributed by atoms with Crippen LogP contribution in [0.25, 0.3) is 0 Å². The van der Waals surface area contributed by atoms with E-state index in [1.165, 1.54) is 11.8 Å². The molecular weight excluding hydrogens is 301 g/mol. The van der Waals surface area contributed by atoms with E-state index in [2.05, 4.69) is 0 Å². The summed E-state index contributed by atoms with van der Waals surface area (Å²) in [5, 5.41) is -0.241. The quantitative estimate of drug-likeness (QED) is 0.385. The number of esters is 1. The van der Waals surface area contributed by atoms with Crippen LogP contribution in [0.1, 0.15) is 59.3 Å². The minimum atomic E-state index is -4.08. The molecule has 0 amide bonds. The molecule has 0 aromatic carbocycles. The molecule has 0 aliphatic heterocycles. The Bertz CT molecular complexity index is 281. The lowest BCUT2D eigenvalue weighted by Gasteiger charge is -2.16. The van der Waals surface area contributed by atoms with E-state index in [1.807, 2.05) is 20.8 Å². The fraction of sp³-hybridized carbons (Fsp3) is 0.933. The maximum Gasteiger partial charge on any atom is 0.389 e. The second-order valence-electron chi connectivity index (χ2n) is 5.60. The van der Waals surface area contributed by atoms with Crippen LogP contribution in [0.5, 0.6) is 0 Å². The van der Waals surface area contributed by atoms with Crippen molar-refractivity contribution in [3.8, 4) is 0 Å². The minimum absolute atomic E-state index is 0.123. The second kappa shape index (κ2) is 11.2. The molecule has 0 saturated heterocycles. The van der Waals surface area contributed by atoms with Gasteiger partial charge in [0, 0.05) is 6.42 Å². The molecule has 0 radical (unpaired) electrons. The number of ether oxygens (including phenoxy) is 1. The summed E-state index contributed by atoms with van der Waals surface area (Å²) in [6.07, 6.45) is -1.58. The average molecular weight is 328 g/mol. The molecule has 0 saturated carbocycles. The van der Waals surface area contributed by atoms with Crippen LogP contribution in [-0.2, 0) is 9.53 Å². The van der Waals surface area contributed by atoms with Crippen LogP contribution in [0.2, 0.25) is 0 Å². The maximum atomic E-state index is 12.0. The Balaban J connectivity index is 4.02. The minimum Gasteiger partial charge on any atom is -0.465 e. The van der Waals surface area contributed by atoms with Gasteiger partial charge in [0.25, 0.3) is 0 Å². The third-order valence-electron chi connectivity index (χ3n) is 2.82. The lowest BCUT2D eigenvalue weighted by molar-refractivity contribution is -0.144. The number of hydrogen-bond acceptors (Lipinski definition) is 3. The number of alkyl halides is 3. The van der Waals surface area contributed by atoms with E-state index in [1.54, 1.807) is 0 Å². The van der Waals surface area contributed by atoms with Gasteiger partial charge in [-0.1, -0.05) is 33.6 Å². The summed E-state index contributed by atoms with van der Waals surface area (Å²) in [6.45, 7) is 6.39. The molecule has 0 spiro atoms. The molecule has 0 aliphatic rings. The topological polar surface area (TPSA) is 26.3 Å². The number of rotatable bonds is 11. The molecule has 2 nitrogen and oxygen atoms in total. The third kappa shape index (κ3) is 13.0. The molecule has 0 rings (SSSR count). The van der Waals surface area contributed by atoms with Crippen molar-refractivity contribution >= 4 is 17.7 Å². The second-order valence-corrected chi connectivity index (χ2v) is 6.91. The van der Waals surface area contributed by atoms with Crippen molar-refractivity contribution in [2.45, 2.75) is 70.7 Å². The van der Waals surface area contributed by atoms with Crippen LogP contribution >= 0.6 is 11.8 Å². The van der Waals surface area contributed by atoms with Gasteiger partial charge in [0.15, 0.2) is 0 Å². The van der Waals surface area contributed by atoms with Gasteiger partial charge in [-0.25, -0.2) is 0 Å². The summed E-state index contributed by atoms with van der Waals surface area (Å²) < 4.78 is 41.3. The lowest BCUT2D eigenvalue weighted by Crippen LogP contribution is -2.22. The van der Waals surface area contributed by atoms with Crippen molar-refractivity contribution in [1.82, 2.24) is 0 Å². The average Bonchev–Trinajstić information content (AvgIpc) is 2.37. The Kier molecular flexibility index (Phi) is 11.0. The Hall–Kier alpha value is -0.390. The molecule has 0 fully saturated rings. The molecule has 0 N–H and O–H groups in total. The standard InChI is InChI=1S/C15H27F3O2S/c1-4-5-8-13(14(19)20-11-12(2)3)21-10-7-6-9-15(16,17)18/h12-13H,4-11H2,1-3H3. The number of carbonyl (C=O) groups is 1. The summed E-state index contributed by atoms with van der Waals surface area (Å²) in [5.41, 5.74) is 0. The van der Waals surface area contributed by atoms with Crippen LogP contribution in [0.3, 0.4) is 0 Å². The van der Waals surface area contributed by atoms with Crippen LogP contribution in [-0.4, -0.2) is 29.8 Å². The fourth-order valence-corrected chi connectivity index (χ4v) is 2.85. The third-order valence-corrected chi connectivity index (χ3v) is 4.17. The zero-order valence-corrected chi connectivity index (χ0v) is 14.0. The summed E-state index contributed by atoms with van der Waals surface area (Å²) in [7, 11) is 0. The van der Waals surface area contributed by atoms with E-state index >= 15 is 0 Å². The predicted molar refractivity (Wildman–Crippen MR) is 81.5 cm³/mol. The number of hydrogen-bond donors (Lipinski definition) is 0.